The normalized spacial score (nSPS) is 18.0. The average Bonchev–Trinajstić information content (AvgIpc) is 2.88. The largest absolute Gasteiger partial charge is 0.333 e. The van der Waals surface area contributed by atoms with Crippen LogP contribution in [0.25, 0.3) is 0 Å². The highest BCUT2D eigenvalue weighted by Gasteiger charge is 2.41. The molecule has 1 heterocycles. The van der Waals surface area contributed by atoms with Crippen LogP contribution in [0.4, 0.5) is 0 Å². The monoisotopic (exact) mass is 221 g/mol. The summed E-state index contributed by atoms with van der Waals surface area (Å²) in [4.78, 5) is 4.27. The Hall–Kier alpha value is -0.830. The molecular formula is C13H23N3. The maximum atomic E-state index is 4.27. The lowest BCUT2D eigenvalue weighted by atomic mass is 10.0. The number of hydrogen-bond donors (Lipinski definition) is 1. The molecule has 0 radical (unpaired) electrons. The van der Waals surface area contributed by atoms with Crippen molar-refractivity contribution < 1.29 is 0 Å². The van der Waals surface area contributed by atoms with E-state index in [2.05, 4.69) is 35.6 Å². The summed E-state index contributed by atoms with van der Waals surface area (Å²) in [5, 5.41) is 3.45. The van der Waals surface area contributed by atoms with Gasteiger partial charge in [-0.2, -0.15) is 0 Å². The molecule has 0 spiro atoms. The fourth-order valence-electron chi connectivity index (χ4n) is 2.11. The van der Waals surface area contributed by atoms with Gasteiger partial charge in [0.25, 0.3) is 0 Å². The van der Waals surface area contributed by atoms with Gasteiger partial charge in [0.15, 0.2) is 0 Å². The SMILES string of the molecule is CCC1(Cn2cncc2CNC(C)C)CC1. The third-order valence-electron chi connectivity index (χ3n) is 3.70. The molecule has 3 heteroatoms. The highest BCUT2D eigenvalue weighted by Crippen LogP contribution is 2.50. The van der Waals surface area contributed by atoms with Crippen molar-refractivity contribution in [2.75, 3.05) is 0 Å². The molecule has 2 rings (SSSR count). The molecule has 1 aromatic rings. The van der Waals surface area contributed by atoms with Crippen LogP contribution in [0.15, 0.2) is 12.5 Å². The Labute approximate surface area is 98.3 Å². The molecule has 3 nitrogen and oxygen atoms in total. The lowest BCUT2D eigenvalue weighted by molar-refractivity contribution is 0.398. The van der Waals surface area contributed by atoms with E-state index in [4.69, 9.17) is 0 Å². The van der Waals surface area contributed by atoms with Crippen LogP contribution in [0.3, 0.4) is 0 Å². The molecule has 1 aromatic heterocycles. The second-order valence-electron chi connectivity index (χ2n) is 5.40. The number of imidazole rings is 1. The summed E-state index contributed by atoms with van der Waals surface area (Å²) in [6.45, 7) is 8.73. The van der Waals surface area contributed by atoms with Crippen LogP contribution in [-0.4, -0.2) is 15.6 Å². The van der Waals surface area contributed by atoms with Crippen LogP contribution in [0.2, 0.25) is 0 Å². The van der Waals surface area contributed by atoms with Gasteiger partial charge < -0.3 is 9.88 Å². The third kappa shape index (κ3) is 2.64. The molecular weight excluding hydrogens is 198 g/mol. The minimum absolute atomic E-state index is 0.532. The first-order valence-corrected chi connectivity index (χ1v) is 6.37. The van der Waals surface area contributed by atoms with Crippen LogP contribution in [0, 0.1) is 5.41 Å². The predicted molar refractivity (Wildman–Crippen MR) is 66.2 cm³/mol. The zero-order valence-electron chi connectivity index (χ0n) is 10.7. The van der Waals surface area contributed by atoms with Gasteiger partial charge in [-0.3, -0.25) is 0 Å². The van der Waals surface area contributed by atoms with Crippen molar-refractivity contribution in [3.63, 3.8) is 0 Å². The van der Waals surface area contributed by atoms with Crippen molar-refractivity contribution in [1.29, 1.82) is 0 Å². The molecule has 1 N–H and O–H groups in total. The summed E-state index contributed by atoms with van der Waals surface area (Å²) in [6.07, 6.45) is 8.04. The number of aromatic nitrogens is 2. The molecule has 1 aliphatic carbocycles. The Morgan fingerprint density at radius 2 is 2.25 bits per heavy atom. The fraction of sp³-hybridized carbons (Fsp3) is 0.769. The molecule has 0 saturated heterocycles. The zero-order chi connectivity index (χ0) is 11.6. The van der Waals surface area contributed by atoms with Crippen molar-refractivity contribution >= 4 is 0 Å². The van der Waals surface area contributed by atoms with Gasteiger partial charge in [-0.05, 0) is 24.7 Å². The molecule has 0 bridgehead atoms. The average molecular weight is 221 g/mol. The Kier molecular flexibility index (Phi) is 3.33. The summed E-state index contributed by atoms with van der Waals surface area (Å²) in [5.41, 5.74) is 1.90. The zero-order valence-corrected chi connectivity index (χ0v) is 10.7. The summed E-state index contributed by atoms with van der Waals surface area (Å²) >= 11 is 0. The highest BCUT2D eigenvalue weighted by atomic mass is 15.1. The standard InChI is InChI=1S/C13H23N3/c1-4-13(5-6-13)9-16-10-14-7-12(16)8-15-11(2)3/h7,10-11,15H,4-6,8-9H2,1-3H3. The fourth-order valence-corrected chi connectivity index (χ4v) is 2.11. The van der Waals surface area contributed by atoms with E-state index in [1.54, 1.807) is 0 Å². The molecule has 0 aromatic carbocycles. The highest BCUT2D eigenvalue weighted by molar-refractivity contribution is 5.02. The molecule has 90 valence electrons. The van der Waals surface area contributed by atoms with Crippen molar-refractivity contribution in [3.8, 4) is 0 Å². The van der Waals surface area contributed by atoms with E-state index in [1.807, 2.05) is 12.5 Å². The maximum Gasteiger partial charge on any atom is 0.0948 e. The molecule has 0 aliphatic heterocycles. The van der Waals surface area contributed by atoms with Crippen molar-refractivity contribution in [1.82, 2.24) is 14.9 Å². The minimum atomic E-state index is 0.532. The first-order chi connectivity index (χ1) is 7.65. The first-order valence-electron chi connectivity index (χ1n) is 6.37. The summed E-state index contributed by atoms with van der Waals surface area (Å²) in [5.74, 6) is 0. The Balaban J connectivity index is 1.96. The number of rotatable bonds is 6. The first kappa shape index (κ1) is 11.6. The van der Waals surface area contributed by atoms with E-state index in [-0.39, 0.29) is 0 Å². The van der Waals surface area contributed by atoms with Gasteiger partial charge in [-0.1, -0.05) is 20.8 Å². The van der Waals surface area contributed by atoms with Crippen molar-refractivity contribution in [3.05, 3.63) is 18.2 Å². The molecule has 0 atom stereocenters. The van der Waals surface area contributed by atoms with Gasteiger partial charge in [-0.15, -0.1) is 0 Å². The second-order valence-corrected chi connectivity index (χ2v) is 5.40. The van der Waals surface area contributed by atoms with Gasteiger partial charge in [-0.25, -0.2) is 4.98 Å². The minimum Gasteiger partial charge on any atom is -0.333 e. The van der Waals surface area contributed by atoms with E-state index in [9.17, 15) is 0 Å². The van der Waals surface area contributed by atoms with Gasteiger partial charge >= 0.3 is 0 Å². The second kappa shape index (κ2) is 4.58. The van der Waals surface area contributed by atoms with Crippen LogP contribution in [-0.2, 0) is 13.1 Å². The Bertz CT molecular complexity index is 337. The smallest absolute Gasteiger partial charge is 0.0948 e. The Morgan fingerprint density at radius 1 is 1.50 bits per heavy atom. The van der Waals surface area contributed by atoms with E-state index < -0.39 is 0 Å². The van der Waals surface area contributed by atoms with E-state index >= 15 is 0 Å². The van der Waals surface area contributed by atoms with Crippen LogP contribution in [0.5, 0.6) is 0 Å². The third-order valence-corrected chi connectivity index (χ3v) is 3.70. The lowest BCUT2D eigenvalue weighted by Gasteiger charge is -2.16. The topological polar surface area (TPSA) is 29.9 Å². The molecule has 0 unspecified atom stereocenters. The summed E-state index contributed by atoms with van der Waals surface area (Å²) in [6, 6.07) is 0.532. The van der Waals surface area contributed by atoms with Gasteiger partial charge in [0.1, 0.15) is 0 Å². The summed E-state index contributed by atoms with van der Waals surface area (Å²) < 4.78 is 2.33. The predicted octanol–water partition coefficient (Wildman–Crippen LogP) is 2.57. The van der Waals surface area contributed by atoms with E-state index in [0.29, 0.717) is 11.5 Å². The van der Waals surface area contributed by atoms with Gasteiger partial charge in [0.2, 0.25) is 0 Å². The molecule has 0 amide bonds. The quantitative estimate of drug-likeness (QED) is 0.800. The van der Waals surface area contributed by atoms with E-state index in [0.717, 1.165) is 13.1 Å². The maximum absolute atomic E-state index is 4.27. The van der Waals surface area contributed by atoms with Gasteiger partial charge in [0.05, 0.1) is 12.0 Å². The number of nitrogens with one attached hydrogen (secondary N) is 1. The number of hydrogen-bond acceptors (Lipinski definition) is 2. The van der Waals surface area contributed by atoms with Crippen LogP contribution >= 0.6 is 0 Å². The van der Waals surface area contributed by atoms with Crippen molar-refractivity contribution in [2.24, 2.45) is 5.41 Å². The lowest BCUT2D eigenvalue weighted by Crippen LogP contribution is -2.24. The molecule has 1 aliphatic rings. The number of nitrogens with zero attached hydrogens (tertiary/aromatic N) is 2. The Morgan fingerprint density at radius 3 is 2.81 bits per heavy atom. The summed E-state index contributed by atoms with van der Waals surface area (Å²) in [7, 11) is 0. The van der Waals surface area contributed by atoms with Gasteiger partial charge in [0, 0.05) is 25.3 Å². The molecule has 1 fully saturated rings. The van der Waals surface area contributed by atoms with Crippen LogP contribution in [0.1, 0.15) is 45.7 Å². The molecule has 16 heavy (non-hydrogen) atoms. The van der Waals surface area contributed by atoms with Crippen LogP contribution < -0.4 is 5.32 Å². The molecule has 1 saturated carbocycles. The van der Waals surface area contributed by atoms with E-state index in [1.165, 1.54) is 25.0 Å². The van der Waals surface area contributed by atoms with Crippen molar-refractivity contribution in [2.45, 2.75) is 59.2 Å².